The zero-order valence-electron chi connectivity index (χ0n) is 12.2. The third-order valence-corrected chi connectivity index (χ3v) is 3.87. The molecule has 0 fully saturated rings. The SMILES string of the molecule is Cc1cccc(COc2nc3c(Cl)ccc(Cl)c3nc2C#N)c1. The number of halogens is 2. The summed E-state index contributed by atoms with van der Waals surface area (Å²) in [5.41, 5.74) is 2.99. The van der Waals surface area contributed by atoms with Gasteiger partial charge in [0.05, 0.1) is 10.0 Å². The number of aryl methyl sites for hydroxylation is 1. The van der Waals surface area contributed by atoms with Crippen molar-refractivity contribution < 1.29 is 4.74 Å². The Labute approximate surface area is 143 Å². The van der Waals surface area contributed by atoms with Crippen LogP contribution in [0.2, 0.25) is 10.0 Å². The molecule has 0 aliphatic carbocycles. The molecule has 23 heavy (non-hydrogen) atoms. The molecular formula is C17H11Cl2N3O. The minimum absolute atomic E-state index is 0.0781. The van der Waals surface area contributed by atoms with Crippen molar-refractivity contribution in [1.82, 2.24) is 9.97 Å². The average Bonchev–Trinajstić information content (AvgIpc) is 2.56. The van der Waals surface area contributed by atoms with Crippen LogP contribution >= 0.6 is 23.2 Å². The number of hydrogen-bond acceptors (Lipinski definition) is 4. The van der Waals surface area contributed by atoms with Gasteiger partial charge in [0.2, 0.25) is 5.69 Å². The van der Waals surface area contributed by atoms with Crippen molar-refractivity contribution in [3.8, 4) is 11.9 Å². The molecule has 1 aromatic heterocycles. The molecule has 0 radical (unpaired) electrons. The molecule has 114 valence electrons. The van der Waals surface area contributed by atoms with Gasteiger partial charge in [-0.3, -0.25) is 0 Å². The Morgan fingerprint density at radius 2 is 1.78 bits per heavy atom. The Kier molecular flexibility index (Phi) is 4.33. The fourth-order valence-corrected chi connectivity index (χ4v) is 2.57. The molecule has 0 saturated carbocycles. The largest absolute Gasteiger partial charge is 0.471 e. The molecule has 0 aliphatic heterocycles. The van der Waals surface area contributed by atoms with Gasteiger partial charge in [0, 0.05) is 0 Å². The van der Waals surface area contributed by atoms with Crippen molar-refractivity contribution in [2.45, 2.75) is 13.5 Å². The highest BCUT2D eigenvalue weighted by molar-refractivity contribution is 6.39. The van der Waals surface area contributed by atoms with Gasteiger partial charge in [-0.25, -0.2) is 9.97 Å². The van der Waals surface area contributed by atoms with E-state index in [0.717, 1.165) is 11.1 Å². The highest BCUT2D eigenvalue weighted by Gasteiger charge is 2.14. The number of aromatic nitrogens is 2. The molecule has 0 N–H and O–H groups in total. The molecule has 3 aromatic rings. The third-order valence-electron chi connectivity index (χ3n) is 3.26. The normalized spacial score (nSPS) is 10.5. The number of ether oxygens (including phenoxy) is 1. The predicted molar refractivity (Wildman–Crippen MR) is 89.8 cm³/mol. The Hall–Kier alpha value is -2.35. The van der Waals surface area contributed by atoms with Crippen LogP contribution in [0.25, 0.3) is 11.0 Å². The molecule has 6 heteroatoms. The van der Waals surface area contributed by atoms with Crippen molar-refractivity contribution in [3.05, 3.63) is 63.3 Å². The fraction of sp³-hybridized carbons (Fsp3) is 0.118. The molecular weight excluding hydrogens is 333 g/mol. The van der Waals surface area contributed by atoms with Gasteiger partial charge in [-0.2, -0.15) is 5.26 Å². The highest BCUT2D eigenvalue weighted by atomic mass is 35.5. The van der Waals surface area contributed by atoms with Crippen LogP contribution < -0.4 is 4.74 Å². The molecule has 3 rings (SSSR count). The highest BCUT2D eigenvalue weighted by Crippen LogP contribution is 2.29. The van der Waals surface area contributed by atoms with Crippen molar-refractivity contribution in [1.29, 1.82) is 5.26 Å². The van der Waals surface area contributed by atoms with Crippen LogP contribution in [0, 0.1) is 18.3 Å². The summed E-state index contributed by atoms with van der Waals surface area (Å²) in [5.74, 6) is 0.144. The standard InChI is InChI=1S/C17H11Cl2N3O/c1-10-3-2-4-11(7-10)9-23-17-14(8-20)21-15-12(18)5-6-13(19)16(15)22-17/h2-7H,9H2,1H3. The summed E-state index contributed by atoms with van der Waals surface area (Å²) in [5, 5.41) is 10.1. The van der Waals surface area contributed by atoms with Gasteiger partial charge in [0.25, 0.3) is 5.88 Å². The maximum atomic E-state index is 9.27. The van der Waals surface area contributed by atoms with Crippen molar-refractivity contribution in [2.75, 3.05) is 0 Å². The summed E-state index contributed by atoms with van der Waals surface area (Å²) in [7, 11) is 0. The van der Waals surface area contributed by atoms with Crippen LogP contribution in [0.4, 0.5) is 0 Å². The van der Waals surface area contributed by atoms with Gasteiger partial charge in [-0.1, -0.05) is 53.0 Å². The van der Waals surface area contributed by atoms with Crippen LogP contribution in [0.1, 0.15) is 16.8 Å². The van der Waals surface area contributed by atoms with Gasteiger partial charge in [0.15, 0.2) is 0 Å². The number of fused-ring (bicyclic) bond motifs is 1. The number of benzene rings is 2. The second-order valence-corrected chi connectivity index (χ2v) is 5.81. The Balaban J connectivity index is 2.00. The molecule has 4 nitrogen and oxygen atoms in total. The zero-order valence-corrected chi connectivity index (χ0v) is 13.7. The lowest BCUT2D eigenvalue weighted by molar-refractivity contribution is 0.292. The summed E-state index contributed by atoms with van der Waals surface area (Å²) in [6.45, 7) is 2.29. The molecule has 0 amide bonds. The Morgan fingerprint density at radius 3 is 2.43 bits per heavy atom. The van der Waals surface area contributed by atoms with Crippen LogP contribution in [-0.4, -0.2) is 9.97 Å². The number of nitriles is 1. The maximum Gasteiger partial charge on any atom is 0.252 e. The zero-order chi connectivity index (χ0) is 16.4. The lowest BCUT2D eigenvalue weighted by Gasteiger charge is -2.09. The topological polar surface area (TPSA) is 58.8 Å². The van der Waals surface area contributed by atoms with Gasteiger partial charge in [-0.15, -0.1) is 0 Å². The Morgan fingerprint density at radius 1 is 1.09 bits per heavy atom. The van der Waals surface area contributed by atoms with Gasteiger partial charge < -0.3 is 4.74 Å². The summed E-state index contributed by atoms with van der Waals surface area (Å²) in [6.07, 6.45) is 0. The van der Waals surface area contributed by atoms with Crippen LogP contribution in [0.3, 0.4) is 0 Å². The Bertz CT molecular complexity index is 935. The molecule has 0 saturated heterocycles. The summed E-state index contributed by atoms with van der Waals surface area (Å²) in [6, 6.07) is 13.1. The lowest BCUT2D eigenvalue weighted by Crippen LogP contribution is -2.02. The molecule has 0 bridgehead atoms. The summed E-state index contributed by atoms with van der Waals surface area (Å²) in [4.78, 5) is 8.54. The molecule has 0 unspecified atom stereocenters. The smallest absolute Gasteiger partial charge is 0.252 e. The predicted octanol–water partition coefficient (Wildman–Crippen LogP) is 4.70. The second-order valence-electron chi connectivity index (χ2n) is 4.99. The first-order chi connectivity index (χ1) is 11.1. The van der Waals surface area contributed by atoms with E-state index in [4.69, 9.17) is 27.9 Å². The minimum Gasteiger partial charge on any atom is -0.471 e. The molecule has 0 spiro atoms. The molecule has 0 aliphatic rings. The summed E-state index contributed by atoms with van der Waals surface area (Å²) >= 11 is 12.2. The van der Waals surface area contributed by atoms with Crippen molar-refractivity contribution in [2.24, 2.45) is 0 Å². The quantitative estimate of drug-likeness (QED) is 0.691. The second kappa shape index (κ2) is 6.41. The van der Waals surface area contributed by atoms with Crippen LogP contribution in [0.5, 0.6) is 5.88 Å². The molecule has 0 atom stereocenters. The first-order valence-corrected chi connectivity index (χ1v) is 7.58. The monoisotopic (exact) mass is 343 g/mol. The number of rotatable bonds is 3. The van der Waals surface area contributed by atoms with Gasteiger partial charge in [-0.05, 0) is 24.6 Å². The van der Waals surface area contributed by atoms with E-state index in [9.17, 15) is 5.26 Å². The molecule has 1 heterocycles. The van der Waals surface area contributed by atoms with E-state index in [2.05, 4.69) is 9.97 Å². The van der Waals surface area contributed by atoms with E-state index >= 15 is 0 Å². The number of nitrogens with zero attached hydrogens (tertiary/aromatic N) is 3. The number of hydrogen-bond donors (Lipinski definition) is 0. The van der Waals surface area contributed by atoms with Gasteiger partial charge in [0.1, 0.15) is 23.7 Å². The van der Waals surface area contributed by atoms with Crippen molar-refractivity contribution in [3.63, 3.8) is 0 Å². The average molecular weight is 344 g/mol. The first kappa shape index (κ1) is 15.5. The van der Waals surface area contributed by atoms with E-state index in [1.807, 2.05) is 37.3 Å². The fourth-order valence-electron chi connectivity index (χ4n) is 2.18. The van der Waals surface area contributed by atoms with E-state index < -0.39 is 0 Å². The third kappa shape index (κ3) is 3.21. The molecule has 2 aromatic carbocycles. The lowest BCUT2D eigenvalue weighted by atomic mass is 10.1. The van der Waals surface area contributed by atoms with E-state index in [1.54, 1.807) is 12.1 Å². The minimum atomic E-state index is 0.0781. The van der Waals surface area contributed by atoms with E-state index in [1.165, 1.54) is 0 Å². The first-order valence-electron chi connectivity index (χ1n) is 6.82. The van der Waals surface area contributed by atoms with E-state index in [-0.39, 0.29) is 18.2 Å². The van der Waals surface area contributed by atoms with Crippen molar-refractivity contribution >= 4 is 34.2 Å². The maximum absolute atomic E-state index is 9.27. The van der Waals surface area contributed by atoms with Crippen LogP contribution in [-0.2, 0) is 6.61 Å². The van der Waals surface area contributed by atoms with Crippen LogP contribution in [0.15, 0.2) is 36.4 Å². The summed E-state index contributed by atoms with van der Waals surface area (Å²) < 4.78 is 5.67. The van der Waals surface area contributed by atoms with E-state index in [0.29, 0.717) is 21.1 Å². The van der Waals surface area contributed by atoms with Gasteiger partial charge >= 0.3 is 0 Å².